The largest absolute Gasteiger partial charge is 0.508 e. The van der Waals surface area contributed by atoms with Crippen molar-refractivity contribution in [2.75, 3.05) is 0 Å². The van der Waals surface area contributed by atoms with Gasteiger partial charge in [-0.25, -0.2) is 4.39 Å². The molecule has 1 aliphatic heterocycles. The highest BCUT2D eigenvalue weighted by atomic mass is 35.5. The molecule has 116 valence electrons. The molecule has 1 N–H and O–H groups in total. The second kappa shape index (κ2) is 5.62. The monoisotopic (exact) mass is 322 g/mol. The molecular formula is C16H16ClFN2O2. The van der Waals surface area contributed by atoms with Crippen LogP contribution in [0.15, 0.2) is 29.5 Å². The van der Waals surface area contributed by atoms with Gasteiger partial charge in [-0.2, -0.15) is 5.26 Å². The van der Waals surface area contributed by atoms with Gasteiger partial charge in [0.15, 0.2) is 5.57 Å². The average molecular weight is 323 g/mol. The molecule has 0 aromatic heterocycles. The summed E-state index contributed by atoms with van der Waals surface area (Å²) >= 11 is 5.76. The van der Waals surface area contributed by atoms with E-state index in [2.05, 4.69) is 0 Å². The van der Waals surface area contributed by atoms with Gasteiger partial charge in [0.05, 0.1) is 11.1 Å². The van der Waals surface area contributed by atoms with Gasteiger partial charge in [-0.3, -0.25) is 4.79 Å². The van der Waals surface area contributed by atoms with E-state index in [9.17, 15) is 14.3 Å². The summed E-state index contributed by atoms with van der Waals surface area (Å²) in [5.74, 6) is -1.28. The van der Waals surface area contributed by atoms with Crippen LogP contribution < -0.4 is 0 Å². The number of aliphatic hydroxyl groups is 1. The number of rotatable bonds is 2. The molecule has 1 aromatic rings. The molecule has 0 aliphatic carbocycles. The van der Waals surface area contributed by atoms with Crippen LogP contribution in [0.5, 0.6) is 0 Å². The zero-order valence-corrected chi connectivity index (χ0v) is 13.3. The maximum Gasteiger partial charge on any atom is 0.269 e. The average Bonchev–Trinajstić information content (AvgIpc) is 2.64. The Morgan fingerprint density at radius 1 is 1.45 bits per heavy atom. The molecular weight excluding hydrogens is 307 g/mol. The topological polar surface area (TPSA) is 64.3 Å². The van der Waals surface area contributed by atoms with Gasteiger partial charge in [-0.15, -0.1) is 0 Å². The zero-order chi connectivity index (χ0) is 16.7. The van der Waals surface area contributed by atoms with E-state index < -0.39 is 23.2 Å². The number of benzene rings is 1. The van der Waals surface area contributed by atoms with Crippen molar-refractivity contribution in [3.05, 3.63) is 45.9 Å². The predicted molar refractivity (Wildman–Crippen MR) is 80.5 cm³/mol. The molecule has 1 aromatic carbocycles. The molecule has 0 bridgehead atoms. The summed E-state index contributed by atoms with van der Waals surface area (Å²) in [6.45, 7) is 5.74. The number of hydrogen-bond acceptors (Lipinski definition) is 3. The molecule has 0 saturated carbocycles. The first-order chi connectivity index (χ1) is 10.2. The van der Waals surface area contributed by atoms with Crippen molar-refractivity contribution in [2.24, 2.45) is 5.41 Å². The fraction of sp³-hybridized carbons (Fsp3) is 0.375. The summed E-state index contributed by atoms with van der Waals surface area (Å²) in [4.78, 5) is 13.8. The molecule has 0 saturated heterocycles. The standard InChI is InChI=1S/C16H16ClFN2O2/c1-16(2,3)14-13(21)10(7-19)15(22)20(14)8-9-4-5-12(18)11(17)6-9/h4-6,14,21H,8H2,1-3H3/t14-/m1/s1. The normalized spacial score (nSPS) is 18.8. The van der Waals surface area contributed by atoms with Crippen LogP contribution in [0.25, 0.3) is 0 Å². The van der Waals surface area contributed by atoms with Gasteiger partial charge in [0, 0.05) is 6.54 Å². The molecule has 1 amide bonds. The summed E-state index contributed by atoms with van der Waals surface area (Å²) in [5.41, 5.74) is -0.0727. The van der Waals surface area contributed by atoms with Crippen molar-refractivity contribution in [3.8, 4) is 6.07 Å². The minimum atomic E-state index is -0.613. The summed E-state index contributed by atoms with van der Waals surface area (Å²) in [6.07, 6.45) is 0. The van der Waals surface area contributed by atoms with Crippen LogP contribution in [0.1, 0.15) is 26.3 Å². The van der Waals surface area contributed by atoms with E-state index in [0.717, 1.165) is 0 Å². The first-order valence-electron chi connectivity index (χ1n) is 6.75. The fourth-order valence-corrected chi connectivity index (χ4v) is 2.84. The van der Waals surface area contributed by atoms with Crippen LogP contribution in [0.4, 0.5) is 4.39 Å². The molecule has 4 nitrogen and oxygen atoms in total. The summed E-state index contributed by atoms with van der Waals surface area (Å²) in [6, 6.07) is 5.33. The van der Waals surface area contributed by atoms with Crippen molar-refractivity contribution in [3.63, 3.8) is 0 Å². The Hall–Kier alpha value is -2.06. The molecule has 6 heteroatoms. The second-order valence-corrected chi connectivity index (χ2v) is 6.73. The lowest BCUT2D eigenvalue weighted by Crippen LogP contribution is -2.43. The van der Waals surface area contributed by atoms with Crippen molar-refractivity contribution in [1.29, 1.82) is 5.26 Å². The Labute approximate surface area is 133 Å². The van der Waals surface area contributed by atoms with Crippen molar-refractivity contribution < 1.29 is 14.3 Å². The van der Waals surface area contributed by atoms with Crippen molar-refractivity contribution >= 4 is 17.5 Å². The Morgan fingerprint density at radius 3 is 2.59 bits per heavy atom. The zero-order valence-electron chi connectivity index (χ0n) is 12.5. The first-order valence-corrected chi connectivity index (χ1v) is 7.12. The Kier molecular flexibility index (Phi) is 4.17. The minimum absolute atomic E-state index is 0.0332. The molecule has 1 aliphatic rings. The number of hydrogen-bond donors (Lipinski definition) is 1. The number of carbonyl (C=O) groups is 1. The van der Waals surface area contributed by atoms with Crippen LogP contribution in [0, 0.1) is 22.6 Å². The van der Waals surface area contributed by atoms with Crippen molar-refractivity contribution in [2.45, 2.75) is 33.4 Å². The molecule has 22 heavy (non-hydrogen) atoms. The lowest BCUT2D eigenvalue weighted by Gasteiger charge is -2.35. The van der Waals surface area contributed by atoms with Gasteiger partial charge >= 0.3 is 0 Å². The van der Waals surface area contributed by atoms with Crippen LogP contribution in [-0.4, -0.2) is 22.0 Å². The smallest absolute Gasteiger partial charge is 0.269 e. The van der Waals surface area contributed by atoms with E-state index in [1.54, 1.807) is 6.07 Å². The lowest BCUT2D eigenvalue weighted by molar-refractivity contribution is -0.129. The van der Waals surface area contributed by atoms with Crippen molar-refractivity contribution in [1.82, 2.24) is 4.90 Å². The van der Waals surface area contributed by atoms with E-state index in [1.807, 2.05) is 20.8 Å². The van der Waals surface area contributed by atoms with Gasteiger partial charge in [0.2, 0.25) is 0 Å². The van der Waals surface area contributed by atoms with Gasteiger partial charge in [0.25, 0.3) is 5.91 Å². The third-order valence-corrected chi connectivity index (χ3v) is 3.86. The quantitative estimate of drug-likeness (QED) is 0.905. The third kappa shape index (κ3) is 2.79. The Balaban J connectivity index is 2.39. The van der Waals surface area contributed by atoms with E-state index in [1.165, 1.54) is 23.1 Å². The third-order valence-electron chi connectivity index (χ3n) is 3.57. The van der Waals surface area contributed by atoms with E-state index in [4.69, 9.17) is 16.9 Å². The minimum Gasteiger partial charge on any atom is -0.508 e. The highest BCUT2D eigenvalue weighted by Crippen LogP contribution is 2.37. The predicted octanol–water partition coefficient (Wildman–Crippen LogP) is 3.57. The number of nitriles is 1. The molecule has 2 rings (SSSR count). The Bertz CT molecular complexity index is 701. The molecule has 0 radical (unpaired) electrons. The van der Waals surface area contributed by atoms with E-state index >= 15 is 0 Å². The van der Waals surface area contributed by atoms with Gasteiger partial charge in [-0.1, -0.05) is 38.4 Å². The SMILES string of the molecule is CC(C)(C)[C@H]1C(O)=C(C#N)C(=O)N1Cc1ccc(F)c(Cl)c1. The molecule has 0 spiro atoms. The summed E-state index contributed by atoms with van der Waals surface area (Å²) < 4.78 is 13.2. The number of amides is 1. The highest BCUT2D eigenvalue weighted by Gasteiger charge is 2.45. The molecule has 1 atom stereocenters. The maximum atomic E-state index is 13.2. The van der Waals surface area contributed by atoms with Gasteiger partial charge < -0.3 is 10.0 Å². The van der Waals surface area contributed by atoms with Crippen LogP contribution in [-0.2, 0) is 11.3 Å². The van der Waals surface area contributed by atoms with Crippen LogP contribution >= 0.6 is 11.6 Å². The van der Waals surface area contributed by atoms with Crippen LogP contribution in [0.2, 0.25) is 5.02 Å². The molecule has 1 heterocycles. The molecule has 0 fully saturated rings. The number of carbonyl (C=O) groups excluding carboxylic acids is 1. The lowest BCUT2D eigenvalue weighted by atomic mass is 9.85. The fourth-order valence-electron chi connectivity index (χ4n) is 2.64. The van der Waals surface area contributed by atoms with Crippen LogP contribution in [0.3, 0.4) is 0 Å². The Morgan fingerprint density at radius 2 is 2.09 bits per heavy atom. The first kappa shape index (κ1) is 16.3. The number of nitrogens with zero attached hydrogens (tertiary/aromatic N) is 2. The number of aliphatic hydroxyl groups excluding tert-OH is 1. The second-order valence-electron chi connectivity index (χ2n) is 6.32. The maximum absolute atomic E-state index is 13.2. The van der Waals surface area contributed by atoms with Gasteiger partial charge in [0.1, 0.15) is 17.6 Å². The number of halogens is 2. The van der Waals surface area contributed by atoms with E-state index in [0.29, 0.717) is 5.56 Å². The van der Waals surface area contributed by atoms with E-state index in [-0.39, 0.29) is 22.9 Å². The van der Waals surface area contributed by atoms with Gasteiger partial charge in [-0.05, 0) is 23.1 Å². The summed E-state index contributed by atoms with van der Waals surface area (Å²) in [7, 11) is 0. The highest BCUT2D eigenvalue weighted by molar-refractivity contribution is 6.30. The molecule has 0 unspecified atom stereocenters. The summed E-state index contributed by atoms with van der Waals surface area (Å²) in [5, 5.41) is 19.2.